The van der Waals surface area contributed by atoms with Crippen LogP contribution in [0.3, 0.4) is 0 Å². The first kappa shape index (κ1) is 21.3. The first-order chi connectivity index (χ1) is 11.8. The zero-order valence-corrected chi connectivity index (χ0v) is 16.8. The number of rotatable bonds is 15. The van der Waals surface area contributed by atoms with Crippen LogP contribution in [0.1, 0.15) is 115 Å². The lowest BCUT2D eigenvalue weighted by Crippen LogP contribution is -2.00. The molecule has 24 heavy (non-hydrogen) atoms. The normalized spacial score (nSPS) is 11.1. The summed E-state index contributed by atoms with van der Waals surface area (Å²) in [7, 11) is 0. The van der Waals surface area contributed by atoms with E-state index in [2.05, 4.69) is 39.0 Å². The van der Waals surface area contributed by atoms with Gasteiger partial charge in [-0.2, -0.15) is 0 Å². The molecular weight excluding hydrogens is 288 g/mol. The number of hydrogen-bond acceptors (Lipinski definition) is 0. The average molecular weight is 331 g/mol. The second kappa shape index (κ2) is 14.6. The highest BCUT2D eigenvalue weighted by atomic mass is 14.1. The summed E-state index contributed by atoms with van der Waals surface area (Å²) in [5.41, 5.74) is 4.93. The molecule has 0 bridgehead atoms. The number of hydrogen-bond donors (Lipinski definition) is 0. The van der Waals surface area contributed by atoms with Crippen LogP contribution in [-0.4, -0.2) is 0 Å². The van der Waals surface area contributed by atoms with E-state index in [0.29, 0.717) is 0 Å². The monoisotopic (exact) mass is 330 g/mol. The fraction of sp³-hybridized carbons (Fsp3) is 0.750. The molecule has 0 fully saturated rings. The molecule has 1 rings (SSSR count). The number of aryl methyl sites for hydroxylation is 2. The third-order valence-corrected chi connectivity index (χ3v) is 5.19. The van der Waals surface area contributed by atoms with Crippen LogP contribution in [0.25, 0.3) is 0 Å². The summed E-state index contributed by atoms with van der Waals surface area (Å²) in [6.45, 7) is 6.90. The molecule has 0 saturated carbocycles. The van der Waals surface area contributed by atoms with Crippen LogP contribution in [0, 0.1) is 0 Å². The zero-order chi connectivity index (χ0) is 17.5. The summed E-state index contributed by atoms with van der Waals surface area (Å²) in [6, 6.07) is 7.03. The predicted molar refractivity (Wildman–Crippen MR) is 110 cm³/mol. The molecule has 0 spiro atoms. The van der Waals surface area contributed by atoms with Crippen molar-refractivity contribution in [1.29, 1.82) is 0 Å². The summed E-state index contributed by atoms with van der Waals surface area (Å²) in [5, 5.41) is 0. The van der Waals surface area contributed by atoms with Crippen molar-refractivity contribution in [2.45, 2.75) is 117 Å². The predicted octanol–water partition coefficient (Wildman–Crippen LogP) is 8.06. The minimum absolute atomic E-state index is 1.25. The third-order valence-electron chi connectivity index (χ3n) is 5.19. The van der Waals surface area contributed by atoms with Crippen LogP contribution in [-0.2, 0) is 19.3 Å². The quantitative estimate of drug-likeness (QED) is 0.285. The van der Waals surface area contributed by atoms with Crippen molar-refractivity contribution in [3.8, 4) is 0 Å². The van der Waals surface area contributed by atoms with E-state index in [-0.39, 0.29) is 0 Å². The lowest BCUT2D eigenvalue weighted by atomic mass is 9.91. The van der Waals surface area contributed by atoms with Crippen molar-refractivity contribution >= 4 is 0 Å². The summed E-state index contributed by atoms with van der Waals surface area (Å²) >= 11 is 0. The number of unbranched alkanes of at least 4 members (excludes halogenated alkanes) is 9. The van der Waals surface area contributed by atoms with Gasteiger partial charge in [-0.3, -0.25) is 0 Å². The van der Waals surface area contributed by atoms with E-state index in [9.17, 15) is 0 Å². The Morgan fingerprint density at radius 3 is 1.54 bits per heavy atom. The molecule has 1 aromatic rings. The maximum atomic E-state index is 2.39. The molecule has 0 N–H and O–H groups in total. The van der Waals surface area contributed by atoms with Gasteiger partial charge in [0.15, 0.2) is 0 Å². The van der Waals surface area contributed by atoms with Gasteiger partial charge in [0, 0.05) is 0 Å². The molecule has 138 valence electrons. The maximum Gasteiger partial charge on any atom is -0.0276 e. The van der Waals surface area contributed by atoms with Crippen molar-refractivity contribution in [1.82, 2.24) is 0 Å². The van der Waals surface area contributed by atoms with E-state index < -0.39 is 0 Å². The van der Waals surface area contributed by atoms with E-state index in [1.165, 1.54) is 96.3 Å². The van der Waals surface area contributed by atoms with Crippen molar-refractivity contribution in [2.24, 2.45) is 0 Å². The Morgan fingerprint density at radius 2 is 1.00 bits per heavy atom. The topological polar surface area (TPSA) is 0 Å². The lowest BCUT2D eigenvalue weighted by molar-refractivity contribution is 0.556. The minimum atomic E-state index is 1.25. The van der Waals surface area contributed by atoms with Crippen LogP contribution in [0.4, 0.5) is 0 Å². The average Bonchev–Trinajstić information content (AvgIpc) is 2.59. The van der Waals surface area contributed by atoms with E-state index >= 15 is 0 Å². The van der Waals surface area contributed by atoms with Gasteiger partial charge >= 0.3 is 0 Å². The summed E-state index contributed by atoms with van der Waals surface area (Å²) in [5.74, 6) is 0. The Hall–Kier alpha value is -0.780. The molecule has 1 aromatic carbocycles. The van der Waals surface area contributed by atoms with Gasteiger partial charge in [-0.25, -0.2) is 0 Å². The van der Waals surface area contributed by atoms with E-state index in [1.54, 1.807) is 16.7 Å². The second-order valence-electron chi connectivity index (χ2n) is 7.49. The Morgan fingerprint density at radius 1 is 0.500 bits per heavy atom. The summed E-state index contributed by atoms with van der Waals surface area (Å²) < 4.78 is 0. The molecule has 0 heterocycles. The smallest absolute Gasteiger partial charge is 0.0276 e. The van der Waals surface area contributed by atoms with Crippen molar-refractivity contribution in [3.63, 3.8) is 0 Å². The molecule has 0 aliphatic carbocycles. The van der Waals surface area contributed by atoms with Gasteiger partial charge in [0.2, 0.25) is 0 Å². The van der Waals surface area contributed by atoms with Crippen molar-refractivity contribution in [2.75, 3.05) is 0 Å². The first-order valence-electron chi connectivity index (χ1n) is 10.9. The van der Waals surface area contributed by atoms with E-state index in [0.717, 1.165) is 0 Å². The van der Waals surface area contributed by atoms with Crippen molar-refractivity contribution < 1.29 is 0 Å². The standard InChI is InChI=1S/C24H42/c1-4-7-8-9-10-11-12-13-14-15-19-23-21-16-20-22(17-5-2)24(23)18-6-3/h16,20-21H,4-15,17-19H2,1-3H3. The molecule has 0 aliphatic heterocycles. The largest absolute Gasteiger partial charge is 0.0654 e. The molecule has 0 radical (unpaired) electrons. The van der Waals surface area contributed by atoms with Crippen LogP contribution in [0.2, 0.25) is 0 Å². The Bertz CT molecular complexity index is 404. The molecule has 0 nitrogen and oxygen atoms in total. The van der Waals surface area contributed by atoms with Crippen molar-refractivity contribution in [3.05, 3.63) is 34.9 Å². The molecule has 0 aromatic heterocycles. The zero-order valence-electron chi connectivity index (χ0n) is 16.8. The SMILES string of the molecule is CCCCCCCCCCCCc1cccc(CCC)c1CCC. The molecule has 0 atom stereocenters. The van der Waals surface area contributed by atoms with Gasteiger partial charge in [0.25, 0.3) is 0 Å². The fourth-order valence-electron chi connectivity index (χ4n) is 3.80. The second-order valence-corrected chi connectivity index (χ2v) is 7.49. The van der Waals surface area contributed by atoms with Crippen LogP contribution in [0.15, 0.2) is 18.2 Å². The number of benzene rings is 1. The third kappa shape index (κ3) is 8.90. The van der Waals surface area contributed by atoms with E-state index in [4.69, 9.17) is 0 Å². The van der Waals surface area contributed by atoms with E-state index in [1.807, 2.05) is 0 Å². The lowest BCUT2D eigenvalue weighted by Gasteiger charge is -2.14. The molecule has 0 heteroatoms. The maximum absolute atomic E-state index is 2.39. The molecule has 0 amide bonds. The Labute approximate surface area is 152 Å². The van der Waals surface area contributed by atoms with Gasteiger partial charge < -0.3 is 0 Å². The van der Waals surface area contributed by atoms with Gasteiger partial charge in [-0.1, -0.05) is 110 Å². The van der Waals surface area contributed by atoms with Crippen LogP contribution >= 0.6 is 0 Å². The van der Waals surface area contributed by atoms with Gasteiger partial charge in [-0.05, 0) is 42.4 Å². The Balaban J connectivity index is 2.23. The molecular formula is C24H42. The summed E-state index contributed by atoms with van der Waals surface area (Å²) in [6.07, 6.45) is 20.6. The van der Waals surface area contributed by atoms with Gasteiger partial charge in [-0.15, -0.1) is 0 Å². The summed E-state index contributed by atoms with van der Waals surface area (Å²) in [4.78, 5) is 0. The fourth-order valence-corrected chi connectivity index (χ4v) is 3.80. The highest BCUT2D eigenvalue weighted by Gasteiger charge is 2.07. The highest BCUT2D eigenvalue weighted by molar-refractivity contribution is 5.35. The highest BCUT2D eigenvalue weighted by Crippen LogP contribution is 2.21. The van der Waals surface area contributed by atoms with Crippen LogP contribution < -0.4 is 0 Å². The molecule has 0 saturated heterocycles. The first-order valence-corrected chi connectivity index (χ1v) is 10.9. The van der Waals surface area contributed by atoms with Gasteiger partial charge in [0.05, 0.1) is 0 Å². The Kier molecular flexibility index (Phi) is 12.9. The van der Waals surface area contributed by atoms with Gasteiger partial charge in [0.1, 0.15) is 0 Å². The molecule has 0 aliphatic rings. The minimum Gasteiger partial charge on any atom is -0.0654 e. The van der Waals surface area contributed by atoms with Crippen LogP contribution in [0.5, 0.6) is 0 Å². The molecule has 0 unspecified atom stereocenters.